The molecule has 0 aromatic carbocycles. The van der Waals surface area contributed by atoms with Crippen LogP contribution < -0.4 is 5.73 Å². The highest BCUT2D eigenvalue weighted by atomic mass is 16.4. The number of nitrogens with zero attached hydrogens (tertiary/aromatic N) is 3. The van der Waals surface area contributed by atoms with Gasteiger partial charge in [0.15, 0.2) is 5.69 Å². The largest absolute Gasteiger partial charge is 0.476 e. The minimum Gasteiger partial charge on any atom is -0.476 e. The lowest BCUT2D eigenvalue weighted by Crippen LogP contribution is -2.47. The summed E-state index contributed by atoms with van der Waals surface area (Å²) in [5.41, 5.74) is 6.91. The lowest BCUT2D eigenvalue weighted by atomic mass is 9.99. The fourth-order valence-corrected chi connectivity index (χ4v) is 3.74. The number of carboxylic acid groups (broad SMARTS) is 1. The van der Waals surface area contributed by atoms with E-state index in [2.05, 4.69) is 9.88 Å². The molecule has 1 aliphatic carbocycles. The van der Waals surface area contributed by atoms with Crippen LogP contribution in [0.4, 0.5) is 0 Å². The summed E-state index contributed by atoms with van der Waals surface area (Å²) in [5, 5.41) is 18.0. The van der Waals surface area contributed by atoms with Crippen LogP contribution in [0, 0.1) is 5.41 Å². The van der Waals surface area contributed by atoms with Gasteiger partial charge in [0.1, 0.15) is 17.9 Å². The number of nitrogens with one attached hydrogen (secondary N) is 1. The Bertz CT molecular complexity index is 642. The van der Waals surface area contributed by atoms with E-state index in [-0.39, 0.29) is 17.8 Å². The molecule has 1 saturated carbocycles. The average molecular weight is 303 g/mol. The summed E-state index contributed by atoms with van der Waals surface area (Å²) in [5.74, 6) is -0.675. The molecule has 3 rings (SSSR count). The fraction of sp³-hybridized carbons (Fsp3) is 0.533. The molecule has 118 valence electrons. The highest BCUT2D eigenvalue weighted by molar-refractivity contribution is 6.16. The molecule has 1 aliphatic heterocycles. The quantitative estimate of drug-likeness (QED) is 0.791. The van der Waals surface area contributed by atoms with Gasteiger partial charge in [-0.15, -0.1) is 0 Å². The molecule has 1 aromatic rings. The van der Waals surface area contributed by atoms with Gasteiger partial charge in [0.05, 0.1) is 11.7 Å². The van der Waals surface area contributed by atoms with Gasteiger partial charge < -0.3 is 15.7 Å². The molecule has 2 aliphatic rings. The average Bonchev–Trinajstić information content (AvgIpc) is 3.14. The van der Waals surface area contributed by atoms with Gasteiger partial charge in [-0.3, -0.25) is 9.98 Å². The molecule has 0 saturated heterocycles. The fourth-order valence-electron chi connectivity index (χ4n) is 3.74. The monoisotopic (exact) mass is 303 g/mol. The van der Waals surface area contributed by atoms with Crippen LogP contribution in [-0.4, -0.2) is 37.4 Å². The number of fused-ring (bicyclic) bond motifs is 1. The van der Waals surface area contributed by atoms with Gasteiger partial charge in [-0.1, -0.05) is 19.8 Å². The first kappa shape index (κ1) is 14.6. The smallest absolute Gasteiger partial charge is 0.356 e. The Balaban J connectivity index is 2.16. The van der Waals surface area contributed by atoms with E-state index in [0.29, 0.717) is 17.2 Å². The predicted molar refractivity (Wildman–Crippen MR) is 82.5 cm³/mol. The van der Waals surface area contributed by atoms with Crippen molar-refractivity contribution in [1.82, 2.24) is 14.5 Å². The number of rotatable bonds is 3. The maximum absolute atomic E-state index is 11.5. The predicted octanol–water partition coefficient (Wildman–Crippen LogP) is 2.02. The summed E-state index contributed by atoms with van der Waals surface area (Å²) in [6.45, 7) is 2.01. The zero-order valence-corrected chi connectivity index (χ0v) is 12.6. The number of imidazole rings is 1. The van der Waals surface area contributed by atoms with Crippen molar-refractivity contribution in [3.63, 3.8) is 0 Å². The van der Waals surface area contributed by atoms with Crippen molar-refractivity contribution in [3.05, 3.63) is 23.9 Å². The van der Waals surface area contributed by atoms with Crippen LogP contribution in [0.25, 0.3) is 5.70 Å². The van der Waals surface area contributed by atoms with Gasteiger partial charge in [-0.25, -0.2) is 9.78 Å². The first-order valence-corrected chi connectivity index (χ1v) is 7.70. The molecule has 1 aromatic heterocycles. The van der Waals surface area contributed by atoms with Crippen LogP contribution in [0.3, 0.4) is 0 Å². The lowest BCUT2D eigenvalue weighted by Gasteiger charge is -2.43. The Morgan fingerprint density at radius 3 is 2.77 bits per heavy atom. The first-order chi connectivity index (χ1) is 10.6. The van der Waals surface area contributed by atoms with Crippen molar-refractivity contribution in [2.75, 3.05) is 0 Å². The number of aromatic nitrogens is 2. The maximum atomic E-state index is 11.5. The second-order valence-electron chi connectivity index (χ2n) is 5.82. The Hall–Kier alpha value is -2.31. The number of amidine groups is 1. The minimum absolute atomic E-state index is 0.0571. The van der Waals surface area contributed by atoms with Gasteiger partial charge in [0, 0.05) is 12.2 Å². The molecule has 0 bridgehead atoms. The molecule has 4 N–H and O–H groups in total. The van der Waals surface area contributed by atoms with Gasteiger partial charge in [0.25, 0.3) is 0 Å². The van der Waals surface area contributed by atoms with Gasteiger partial charge in [0.2, 0.25) is 0 Å². The van der Waals surface area contributed by atoms with Crippen LogP contribution in [0.5, 0.6) is 0 Å². The highest BCUT2D eigenvalue weighted by Crippen LogP contribution is 2.40. The molecule has 7 heteroatoms. The van der Waals surface area contributed by atoms with Crippen molar-refractivity contribution in [3.8, 4) is 0 Å². The normalized spacial score (nSPS) is 24.0. The van der Waals surface area contributed by atoms with Crippen molar-refractivity contribution in [2.45, 2.75) is 51.1 Å². The Morgan fingerprint density at radius 1 is 1.55 bits per heavy atom. The highest BCUT2D eigenvalue weighted by Gasteiger charge is 2.40. The number of aromatic carboxylic acids is 1. The number of hydrogen-bond acceptors (Lipinski definition) is 4. The third-order valence-corrected chi connectivity index (χ3v) is 4.68. The zero-order valence-electron chi connectivity index (χ0n) is 12.6. The molecule has 2 heterocycles. The lowest BCUT2D eigenvalue weighted by molar-refractivity contribution is 0.0686. The molecule has 0 spiro atoms. The van der Waals surface area contributed by atoms with E-state index >= 15 is 0 Å². The first-order valence-electron chi connectivity index (χ1n) is 7.70. The number of carboxylic acids is 1. The minimum atomic E-state index is -1.04. The Morgan fingerprint density at radius 2 is 2.23 bits per heavy atom. The SMILES string of the molecule is CC[C@@H]1c2c(C(=O)O)ncn2/C(=C/N)C(=N)N1C1CCCC1. The molecule has 0 amide bonds. The summed E-state index contributed by atoms with van der Waals surface area (Å²) in [4.78, 5) is 17.6. The summed E-state index contributed by atoms with van der Waals surface area (Å²) in [6.07, 6.45) is 7.92. The maximum Gasteiger partial charge on any atom is 0.356 e. The third-order valence-electron chi connectivity index (χ3n) is 4.68. The second-order valence-corrected chi connectivity index (χ2v) is 5.82. The molecule has 1 atom stereocenters. The molecule has 0 unspecified atom stereocenters. The van der Waals surface area contributed by atoms with E-state index in [1.54, 1.807) is 4.57 Å². The van der Waals surface area contributed by atoms with Gasteiger partial charge >= 0.3 is 5.97 Å². The molecule has 0 radical (unpaired) electrons. The van der Waals surface area contributed by atoms with Crippen molar-refractivity contribution in [2.24, 2.45) is 5.73 Å². The van der Waals surface area contributed by atoms with Crippen molar-refractivity contribution < 1.29 is 9.90 Å². The van der Waals surface area contributed by atoms with E-state index in [9.17, 15) is 9.90 Å². The van der Waals surface area contributed by atoms with E-state index in [0.717, 1.165) is 32.1 Å². The van der Waals surface area contributed by atoms with Crippen LogP contribution >= 0.6 is 0 Å². The third kappa shape index (κ3) is 2.00. The van der Waals surface area contributed by atoms with E-state index in [1.165, 1.54) is 12.5 Å². The number of hydrogen-bond donors (Lipinski definition) is 3. The Kier molecular flexibility index (Phi) is 3.64. The van der Waals surface area contributed by atoms with Crippen LogP contribution in [-0.2, 0) is 0 Å². The summed E-state index contributed by atoms with van der Waals surface area (Å²) < 4.78 is 1.66. The van der Waals surface area contributed by atoms with Gasteiger partial charge in [-0.2, -0.15) is 0 Å². The molecule has 22 heavy (non-hydrogen) atoms. The number of carbonyl (C=O) groups is 1. The molecule has 7 nitrogen and oxygen atoms in total. The van der Waals surface area contributed by atoms with Crippen LogP contribution in [0.1, 0.15) is 61.3 Å². The second kappa shape index (κ2) is 5.47. The molecule has 1 fully saturated rings. The summed E-state index contributed by atoms with van der Waals surface area (Å²) in [6, 6.07) is 0.130. The molecular formula is C15H21N5O2. The topological polar surface area (TPSA) is 108 Å². The Labute approximate surface area is 128 Å². The van der Waals surface area contributed by atoms with Gasteiger partial charge in [-0.05, 0) is 19.3 Å². The van der Waals surface area contributed by atoms with Crippen molar-refractivity contribution >= 4 is 17.5 Å². The summed E-state index contributed by atoms with van der Waals surface area (Å²) in [7, 11) is 0. The van der Waals surface area contributed by atoms with Crippen LogP contribution in [0.15, 0.2) is 12.5 Å². The summed E-state index contributed by atoms with van der Waals surface area (Å²) >= 11 is 0. The van der Waals surface area contributed by atoms with Crippen LogP contribution in [0.2, 0.25) is 0 Å². The zero-order chi connectivity index (χ0) is 15.9. The number of nitrogens with two attached hydrogens (primary N) is 1. The van der Waals surface area contributed by atoms with Crippen molar-refractivity contribution in [1.29, 1.82) is 5.41 Å². The van der Waals surface area contributed by atoms with E-state index < -0.39 is 5.97 Å². The molecular weight excluding hydrogens is 282 g/mol. The standard InChI is InChI=1S/C15H21N5O2/c1-2-10-13-12(15(21)22)18-8-19(13)11(7-16)14(17)20(10)9-5-3-4-6-9/h7-10,17H,2-6,16H2,1H3,(H,21,22)/b11-7+,17-14?/t10-/m1/s1. The van der Waals surface area contributed by atoms with E-state index in [4.69, 9.17) is 11.1 Å². The van der Waals surface area contributed by atoms with E-state index in [1.807, 2.05) is 6.92 Å².